The van der Waals surface area contributed by atoms with E-state index in [0.717, 1.165) is 6.54 Å². The predicted octanol–water partition coefficient (Wildman–Crippen LogP) is 6.85. The highest BCUT2D eigenvalue weighted by atomic mass is 127. The van der Waals surface area contributed by atoms with E-state index in [2.05, 4.69) is 75.9 Å². The van der Waals surface area contributed by atoms with Gasteiger partial charge in [0.2, 0.25) is 0 Å². The number of rotatable bonds is 11. The van der Waals surface area contributed by atoms with Gasteiger partial charge in [-0.25, -0.2) is 0 Å². The molecule has 0 saturated heterocycles. The van der Waals surface area contributed by atoms with Gasteiger partial charge in [-0.1, -0.05) is 68.3 Å². The highest BCUT2D eigenvalue weighted by Crippen LogP contribution is 2.29. The van der Waals surface area contributed by atoms with Gasteiger partial charge in [-0.05, 0) is 65.7 Å². The fraction of sp³-hybridized carbons (Fsp3) is 0.667. The zero-order chi connectivity index (χ0) is 15.5. The minimum Gasteiger partial charge on any atom is -0.310 e. The van der Waals surface area contributed by atoms with Crippen molar-refractivity contribution in [1.82, 2.24) is 5.32 Å². The van der Waals surface area contributed by atoms with Crippen LogP contribution in [-0.4, -0.2) is 6.54 Å². The normalized spacial score (nSPS) is 12.6. The molecule has 0 aliphatic heterocycles. The summed E-state index contributed by atoms with van der Waals surface area (Å²) < 4.78 is 2.56. The van der Waals surface area contributed by atoms with E-state index in [9.17, 15) is 0 Å². The molecule has 1 atom stereocenters. The van der Waals surface area contributed by atoms with Gasteiger partial charge >= 0.3 is 0 Å². The van der Waals surface area contributed by atoms with Gasteiger partial charge in [0.15, 0.2) is 0 Å². The molecule has 3 heteroatoms. The molecule has 0 aromatic heterocycles. The molecule has 1 aromatic rings. The Balaban J connectivity index is 2.52. The average molecular weight is 466 g/mol. The second kappa shape index (κ2) is 11.9. The lowest BCUT2D eigenvalue weighted by Crippen LogP contribution is -2.22. The van der Waals surface area contributed by atoms with Gasteiger partial charge in [-0.3, -0.25) is 0 Å². The molecule has 0 aliphatic rings. The smallest absolute Gasteiger partial charge is 0.0331 e. The van der Waals surface area contributed by atoms with Crippen LogP contribution in [0.25, 0.3) is 0 Å². The van der Waals surface area contributed by atoms with Gasteiger partial charge in [0, 0.05) is 14.1 Å². The van der Waals surface area contributed by atoms with Crippen molar-refractivity contribution in [2.45, 2.75) is 71.3 Å². The van der Waals surface area contributed by atoms with Crippen molar-refractivity contribution in [2.75, 3.05) is 6.54 Å². The van der Waals surface area contributed by atoms with Crippen LogP contribution in [0, 0.1) is 3.57 Å². The molecule has 1 rings (SSSR count). The van der Waals surface area contributed by atoms with Crippen LogP contribution in [0.3, 0.4) is 0 Å². The summed E-state index contributed by atoms with van der Waals surface area (Å²) in [7, 11) is 0. The summed E-state index contributed by atoms with van der Waals surface area (Å²) in [6.07, 6.45) is 10.6. The van der Waals surface area contributed by atoms with E-state index in [-0.39, 0.29) is 0 Å². The fourth-order valence-electron chi connectivity index (χ4n) is 2.60. The van der Waals surface area contributed by atoms with E-state index in [4.69, 9.17) is 0 Å². The Bertz CT molecular complexity index is 395. The summed E-state index contributed by atoms with van der Waals surface area (Å²) >= 11 is 6.13. The van der Waals surface area contributed by atoms with E-state index in [0.29, 0.717) is 6.04 Å². The average Bonchev–Trinajstić information content (AvgIpc) is 2.48. The predicted molar refractivity (Wildman–Crippen MR) is 106 cm³/mol. The highest BCUT2D eigenvalue weighted by molar-refractivity contribution is 14.1. The van der Waals surface area contributed by atoms with Gasteiger partial charge < -0.3 is 5.32 Å². The number of unbranched alkanes of at least 4 members (excludes halogenated alkanes) is 5. The van der Waals surface area contributed by atoms with E-state index >= 15 is 0 Å². The fourth-order valence-corrected chi connectivity index (χ4v) is 3.63. The third kappa shape index (κ3) is 7.98. The van der Waals surface area contributed by atoms with Crippen LogP contribution < -0.4 is 5.32 Å². The Hall–Kier alpha value is 0.390. The van der Waals surface area contributed by atoms with Crippen molar-refractivity contribution in [3.8, 4) is 0 Å². The summed E-state index contributed by atoms with van der Waals surface area (Å²) in [6, 6.07) is 7.14. The second-order valence-electron chi connectivity index (χ2n) is 5.73. The molecule has 1 nitrogen and oxygen atoms in total. The molecule has 1 N–H and O–H groups in total. The molecular weight excluding hydrogens is 437 g/mol. The first kappa shape index (κ1) is 19.4. The molecule has 120 valence electrons. The van der Waals surface area contributed by atoms with Crippen LogP contribution >= 0.6 is 38.5 Å². The number of halogens is 2. The third-order valence-electron chi connectivity index (χ3n) is 3.82. The van der Waals surface area contributed by atoms with E-state index in [1.165, 1.54) is 65.0 Å². The summed E-state index contributed by atoms with van der Waals surface area (Å²) in [5.74, 6) is 0. The van der Waals surface area contributed by atoms with Crippen LogP contribution in [0.1, 0.15) is 76.8 Å². The molecule has 0 saturated carbocycles. The van der Waals surface area contributed by atoms with E-state index in [1.807, 2.05) is 0 Å². The minimum absolute atomic E-state index is 0.486. The highest BCUT2D eigenvalue weighted by Gasteiger charge is 2.14. The molecule has 0 amide bonds. The topological polar surface area (TPSA) is 12.0 Å². The third-order valence-corrected chi connectivity index (χ3v) is 5.21. The Morgan fingerprint density at radius 1 is 1.05 bits per heavy atom. The molecule has 0 heterocycles. The van der Waals surface area contributed by atoms with Crippen LogP contribution in [0.5, 0.6) is 0 Å². The largest absolute Gasteiger partial charge is 0.310 e. The van der Waals surface area contributed by atoms with Crippen LogP contribution in [0.2, 0.25) is 0 Å². The Morgan fingerprint density at radius 2 is 1.76 bits per heavy atom. The molecular formula is C18H29BrIN. The summed E-state index contributed by atoms with van der Waals surface area (Å²) in [5, 5.41) is 3.72. The molecule has 0 spiro atoms. The lowest BCUT2D eigenvalue weighted by atomic mass is 9.99. The lowest BCUT2D eigenvalue weighted by molar-refractivity contribution is 0.465. The zero-order valence-corrected chi connectivity index (χ0v) is 17.2. The first-order chi connectivity index (χ1) is 10.2. The molecule has 0 radical (unpaired) electrons. The van der Waals surface area contributed by atoms with Crippen LogP contribution in [-0.2, 0) is 0 Å². The monoisotopic (exact) mass is 465 g/mol. The Morgan fingerprint density at radius 3 is 2.48 bits per heavy atom. The van der Waals surface area contributed by atoms with Gasteiger partial charge in [0.25, 0.3) is 0 Å². The van der Waals surface area contributed by atoms with Crippen LogP contribution in [0.4, 0.5) is 0 Å². The first-order valence-electron chi connectivity index (χ1n) is 8.37. The zero-order valence-electron chi connectivity index (χ0n) is 13.4. The van der Waals surface area contributed by atoms with Crippen molar-refractivity contribution in [2.24, 2.45) is 0 Å². The van der Waals surface area contributed by atoms with Crippen molar-refractivity contribution in [3.05, 3.63) is 31.8 Å². The van der Waals surface area contributed by atoms with Gasteiger partial charge in [-0.2, -0.15) is 0 Å². The standard InChI is InChI=1S/C18H29BrIN/c1-3-5-6-7-8-9-10-18(21-13-4-2)16-14-15(20)11-12-17(16)19/h11-12,14,18,21H,3-10,13H2,1-2H3. The molecule has 1 aromatic carbocycles. The maximum atomic E-state index is 3.72. The maximum absolute atomic E-state index is 3.72. The second-order valence-corrected chi connectivity index (χ2v) is 7.83. The van der Waals surface area contributed by atoms with Crippen molar-refractivity contribution >= 4 is 38.5 Å². The number of hydrogen-bond acceptors (Lipinski definition) is 1. The van der Waals surface area contributed by atoms with Crippen molar-refractivity contribution in [3.63, 3.8) is 0 Å². The van der Waals surface area contributed by atoms with E-state index in [1.54, 1.807) is 0 Å². The summed E-state index contributed by atoms with van der Waals surface area (Å²) in [6.45, 7) is 5.61. The first-order valence-corrected chi connectivity index (χ1v) is 10.2. The molecule has 0 fully saturated rings. The van der Waals surface area contributed by atoms with Gasteiger partial charge in [0.1, 0.15) is 0 Å². The Kier molecular flexibility index (Phi) is 11.0. The SMILES string of the molecule is CCCCCCCCC(NCCC)c1cc(I)ccc1Br. The van der Waals surface area contributed by atoms with E-state index < -0.39 is 0 Å². The van der Waals surface area contributed by atoms with Crippen molar-refractivity contribution < 1.29 is 0 Å². The molecule has 1 unspecified atom stereocenters. The van der Waals surface area contributed by atoms with Gasteiger partial charge in [0.05, 0.1) is 0 Å². The Labute approximate surface area is 152 Å². The summed E-state index contributed by atoms with van der Waals surface area (Å²) in [4.78, 5) is 0. The van der Waals surface area contributed by atoms with Crippen LogP contribution in [0.15, 0.2) is 22.7 Å². The number of nitrogens with one attached hydrogen (secondary N) is 1. The lowest BCUT2D eigenvalue weighted by Gasteiger charge is -2.21. The minimum atomic E-state index is 0.486. The number of hydrogen-bond donors (Lipinski definition) is 1. The van der Waals surface area contributed by atoms with Gasteiger partial charge in [-0.15, -0.1) is 0 Å². The maximum Gasteiger partial charge on any atom is 0.0331 e. The molecule has 21 heavy (non-hydrogen) atoms. The quantitative estimate of drug-likeness (QED) is 0.278. The number of benzene rings is 1. The summed E-state index contributed by atoms with van der Waals surface area (Å²) in [5.41, 5.74) is 1.42. The van der Waals surface area contributed by atoms with Crippen molar-refractivity contribution in [1.29, 1.82) is 0 Å². The molecule has 0 bridgehead atoms. The molecule has 0 aliphatic carbocycles.